The molecule has 164 valence electrons. The monoisotopic (exact) mass is 422 g/mol. The second-order valence-corrected chi connectivity index (χ2v) is 9.96. The highest BCUT2D eigenvalue weighted by atomic mass is 16.5. The van der Waals surface area contributed by atoms with E-state index >= 15 is 0 Å². The van der Waals surface area contributed by atoms with Gasteiger partial charge in [-0.2, -0.15) is 5.10 Å². The molecule has 6 rings (SSSR count). The third kappa shape index (κ3) is 4.17. The van der Waals surface area contributed by atoms with Gasteiger partial charge in [0.05, 0.1) is 18.7 Å². The molecule has 0 aromatic heterocycles. The smallest absolute Gasteiger partial charge is 0.306 e. The highest BCUT2D eigenvalue weighted by Crippen LogP contribution is 2.60. The molecular weight excluding hydrogens is 392 g/mol. The number of hydrogen-bond acceptors (Lipinski definition) is 5. The molecule has 1 heterocycles. The Kier molecular flexibility index (Phi) is 5.40. The summed E-state index contributed by atoms with van der Waals surface area (Å²) in [5.74, 6) is 1.50. The van der Waals surface area contributed by atoms with Gasteiger partial charge in [0.1, 0.15) is 0 Å². The van der Waals surface area contributed by atoms with Gasteiger partial charge in [0.25, 0.3) is 0 Å². The molecule has 6 nitrogen and oxygen atoms in total. The Hall–Kier alpha value is -2.50. The Morgan fingerprint density at radius 1 is 0.968 bits per heavy atom. The van der Waals surface area contributed by atoms with E-state index in [4.69, 9.17) is 4.74 Å². The van der Waals surface area contributed by atoms with Gasteiger partial charge in [0.15, 0.2) is 12.4 Å². The lowest BCUT2D eigenvalue weighted by atomic mass is 9.48. The van der Waals surface area contributed by atoms with Crippen molar-refractivity contribution in [2.24, 2.45) is 28.3 Å². The second-order valence-electron chi connectivity index (χ2n) is 9.96. The number of benzene rings is 1. The molecule has 0 radical (unpaired) electrons. The van der Waals surface area contributed by atoms with Gasteiger partial charge >= 0.3 is 5.97 Å². The Morgan fingerprint density at radius 2 is 1.61 bits per heavy atom. The van der Waals surface area contributed by atoms with Crippen LogP contribution in [0.5, 0.6) is 0 Å². The molecular formula is C25H30N2O4. The molecule has 31 heavy (non-hydrogen) atoms. The van der Waals surface area contributed by atoms with E-state index < -0.39 is 5.97 Å². The number of carbonyl (C=O) groups is 3. The zero-order chi connectivity index (χ0) is 21.4. The van der Waals surface area contributed by atoms with Crippen molar-refractivity contribution in [3.8, 4) is 0 Å². The third-order valence-electron chi connectivity index (χ3n) is 7.73. The third-order valence-corrected chi connectivity index (χ3v) is 7.73. The molecule has 5 aliphatic rings. The predicted molar refractivity (Wildman–Crippen MR) is 115 cm³/mol. The predicted octanol–water partition coefficient (Wildman–Crippen LogP) is 3.73. The van der Waals surface area contributed by atoms with E-state index in [1.54, 1.807) is 0 Å². The van der Waals surface area contributed by atoms with Crippen LogP contribution in [0.2, 0.25) is 0 Å². The van der Waals surface area contributed by atoms with E-state index in [9.17, 15) is 14.4 Å². The fraction of sp³-hybridized carbons (Fsp3) is 0.600. The van der Waals surface area contributed by atoms with Crippen molar-refractivity contribution >= 4 is 23.4 Å². The van der Waals surface area contributed by atoms with Gasteiger partial charge < -0.3 is 4.74 Å². The van der Waals surface area contributed by atoms with Gasteiger partial charge in [-0.1, -0.05) is 30.3 Å². The number of hydrogen-bond donors (Lipinski definition) is 0. The summed E-state index contributed by atoms with van der Waals surface area (Å²) in [5.41, 5.74) is 1.65. The van der Waals surface area contributed by atoms with E-state index in [0.717, 1.165) is 30.5 Å². The molecule has 4 bridgehead atoms. The average molecular weight is 423 g/mol. The van der Waals surface area contributed by atoms with Gasteiger partial charge in [0.2, 0.25) is 5.91 Å². The highest BCUT2D eigenvalue weighted by molar-refractivity contribution is 6.02. The van der Waals surface area contributed by atoms with Crippen LogP contribution in [-0.2, 0) is 19.1 Å². The molecule has 0 saturated heterocycles. The number of esters is 1. The van der Waals surface area contributed by atoms with Crippen LogP contribution in [0.15, 0.2) is 35.4 Å². The lowest BCUT2D eigenvalue weighted by molar-refractivity contribution is -0.158. The number of Topliss-reactive ketones (excluding diaryl/α,β-unsaturated/α-hetero) is 1. The number of ketones is 1. The lowest BCUT2D eigenvalue weighted by Gasteiger charge is -2.55. The first-order valence-corrected chi connectivity index (χ1v) is 11.6. The van der Waals surface area contributed by atoms with Crippen LogP contribution in [0.3, 0.4) is 0 Å². The normalized spacial score (nSPS) is 30.9. The fourth-order valence-electron chi connectivity index (χ4n) is 6.63. The van der Waals surface area contributed by atoms with Crippen LogP contribution in [-0.4, -0.2) is 41.5 Å². The van der Waals surface area contributed by atoms with Crippen molar-refractivity contribution in [3.63, 3.8) is 0 Å². The van der Waals surface area contributed by atoms with E-state index in [-0.39, 0.29) is 36.6 Å². The number of ether oxygens (including phenoxy) is 1. The van der Waals surface area contributed by atoms with Crippen LogP contribution in [0.25, 0.3) is 0 Å². The molecule has 0 atom stereocenters. The van der Waals surface area contributed by atoms with Gasteiger partial charge in [-0.15, -0.1) is 0 Å². The Labute approximate surface area is 183 Å². The van der Waals surface area contributed by atoms with Gasteiger partial charge in [0, 0.05) is 18.3 Å². The van der Waals surface area contributed by atoms with E-state index in [0.29, 0.717) is 30.7 Å². The summed E-state index contributed by atoms with van der Waals surface area (Å²) in [5, 5.41) is 5.85. The van der Waals surface area contributed by atoms with Crippen molar-refractivity contribution in [1.29, 1.82) is 0 Å². The first-order valence-electron chi connectivity index (χ1n) is 11.6. The van der Waals surface area contributed by atoms with Crippen molar-refractivity contribution < 1.29 is 19.1 Å². The van der Waals surface area contributed by atoms with Crippen molar-refractivity contribution in [1.82, 2.24) is 5.01 Å². The summed E-state index contributed by atoms with van der Waals surface area (Å²) in [4.78, 5) is 37.6. The van der Waals surface area contributed by atoms with Gasteiger partial charge in [-0.3, -0.25) is 14.4 Å². The molecule has 0 N–H and O–H groups in total. The maximum atomic E-state index is 12.9. The molecule has 6 heteroatoms. The number of amides is 1. The first-order chi connectivity index (χ1) is 15.0. The molecule has 1 aromatic carbocycles. The van der Waals surface area contributed by atoms with Crippen LogP contribution < -0.4 is 0 Å². The fourth-order valence-corrected chi connectivity index (χ4v) is 6.63. The Bertz CT molecular complexity index is 872. The molecule has 4 aliphatic carbocycles. The number of rotatable bonds is 7. The Balaban J connectivity index is 1.08. The van der Waals surface area contributed by atoms with Gasteiger partial charge in [-0.05, 0) is 61.8 Å². The summed E-state index contributed by atoms with van der Waals surface area (Å²) in [6.45, 7) is 0.391. The summed E-state index contributed by atoms with van der Waals surface area (Å²) in [7, 11) is 0. The SMILES string of the molecule is O=C(CCC(=O)N1CCC(c2ccccc2)=N1)OCC(=O)C12CC3CC(CC(C3)C1)C2. The molecule has 4 saturated carbocycles. The minimum absolute atomic E-state index is 0.0142. The molecule has 1 amide bonds. The summed E-state index contributed by atoms with van der Waals surface area (Å²) in [6, 6.07) is 9.80. The zero-order valence-corrected chi connectivity index (χ0v) is 17.9. The molecule has 1 aliphatic heterocycles. The highest BCUT2D eigenvalue weighted by Gasteiger charge is 2.54. The molecule has 4 fully saturated rings. The minimum Gasteiger partial charge on any atom is -0.458 e. The second kappa shape index (κ2) is 8.21. The lowest BCUT2D eigenvalue weighted by Crippen LogP contribution is -2.51. The topological polar surface area (TPSA) is 76.0 Å². The standard InChI is InChI=1S/C25H30N2O4/c28-22(25-13-17-10-18(14-25)12-19(11-17)15-25)16-31-24(30)7-6-23(29)27-9-8-21(26-27)20-4-2-1-3-5-20/h1-5,17-19H,6-16H2. The molecule has 0 unspecified atom stereocenters. The van der Waals surface area contributed by atoms with E-state index in [1.165, 1.54) is 24.3 Å². The summed E-state index contributed by atoms with van der Waals surface area (Å²) < 4.78 is 5.30. The Morgan fingerprint density at radius 3 is 2.26 bits per heavy atom. The van der Waals surface area contributed by atoms with Crippen LogP contribution in [0, 0.1) is 23.2 Å². The number of nitrogens with zero attached hydrogens (tertiary/aromatic N) is 2. The number of carbonyl (C=O) groups excluding carboxylic acids is 3. The van der Waals surface area contributed by atoms with Crippen molar-refractivity contribution in [2.75, 3.05) is 13.2 Å². The summed E-state index contributed by atoms with van der Waals surface area (Å²) >= 11 is 0. The van der Waals surface area contributed by atoms with Crippen LogP contribution in [0.4, 0.5) is 0 Å². The molecule has 1 aromatic rings. The van der Waals surface area contributed by atoms with Crippen molar-refractivity contribution in [3.05, 3.63) is 35.9 Å². The minimum atomic E-state index is -0.474. The van der Waals surface area contributed by atoms with E-state index in [2.05, 4.69) is 5.10 Å². The number of hydrazone groups is 1. The molecule has 0 spiro atoms. The maximum absolute atomic E-state index is 12.9. The largest absolute Gasteiger partial charge is 0.458 e. The van der Waals surface area contributed by atoms with Crippen LogP contribution in [0.1, 0.15) is 63.4 Å². The van der Waals surface area contributed by atoms with Gasteiger partial charge in [-0.25, -0.2) is 5.01 Å². The zero-order valence-electron chi connectivity index (χ0n) is 17.9. The summed E-state index contributed by atoms with van der Waals surface area (Å²) in [6.07, 6.45) is 7.51. The van der Waals surface area contributed by atoms with E-state index in [1.807, 2.05) is 30.3 Å². The quantitative estimate of drug-likeness (QED) is 0.628. The average Bonchev–Trinajstić information content (AvgIpc) is 3.26. The maximum Gasteiger partial charge on any atom is 0.306 e. The van der Waals surface area contributed by atoms with Crippen LogP contribution >= 0.6 is 0 Å². The first kappa shape index (κ1) is 20.4. The van der Waals surface area contributed by atoms with Crippen molar-refractivity contribution in [2.45, 2.75) is 57.8 Å².